The maximum absolute atomic E-state index is 9.36. The summed E-state index contributed by atoms with van der Waals surface area (Å²) >= 11 is 14.5. The van der Waals surface area contributed by atoms with Crippen molar-refractivity contribution < 1.29 is 5.11 Å². The predicted molar refractivity (Wildman–Crippen MR) is 53.0 cm³/mol. The first kappa shape index (κ1) is 10.3. The highest BCUT2D eigenvalue weighted by Crippen LogP contribution is 2.24. The van der Waals surface area contributed by atoms with Crippen LogP contribution in [0.25, 0.3) is 0 Å². The summed E-state index contributed by atoms with van der Waals surface area (Å²) in [7, 11) is 0. The molecule has 0 saturated heterocycles. The largest absolute Gasteiger partial charge is 0.386 e. The molecule has 2 nitrogen and oxygen atoms in total. The second-order valence-corrected chi connectivity index (χ2v) is 3.68. The molecule has 1 aromatic rings. The van der Waals surface area contributed by atoms with E-state index in [9.17, 15) is 5.11 Å². The average Bonchev–Trinajstić information content (AvgIpc) is 2.03. The molecular weight excluding hydrogens is 265 g/mol. The third kappa shape index (κ3) is 2.33. The zero-order chi connectivity index (χ0) is 9.14. The van der Waals surface area contributed by atoms with Crippen molar-refractivity contribution in [3.63, 3.8) is 0 Å². The third-order valence-corrected chi connectivity index (χ3v) is 2.42. The molecule has 1 rings (SSSR count). The zero-order valence-corrected chi connectivity index (χ0v) is 9.07. The number of alkyl halides is 1. The Bertz CT molecular complexity index is 282. The Kier molecular flexibility index (Phi) is 3.77. The van der Waals surface area contributed by atoms with E-state index in [4.69, 9.17) is 23.2 Å². The Balaban J connectivity index is 3.01. The van der Waals surface area contributed by atoms with Crippen LogP contribution in [-0.2, 0) is 0 Å². The summed E-state index contributed by atoms with van der Waals surface area (Å²) in [6.07, 6.45) is 0.768. The molecule has 5 heteroatoms. The SMILES string of the molecule is OC(CBr)c1ncc(Cl)cc1Cl. The molecule has 12 heavy (non-hydrogen) atoms. The van der Waals surface area contributed by atoms with Crippen LogP contribution in [-0.4, -0.2) is 15.4 Å². The quantitative estimate of drug-likeness (QED) is 0.839. The van der Waals surface area contributed by atoms with Crippen molar-refractivity contribution in [3.8, 4) is 0 Å². The molecule has 0 aliphatic rings. The number of nitrogens with zero attached hydrogens (tertiary/aromatic N) is 1. The van der Waals surface area contributed by atoms with Crippen molar-refractivity contribution in [2.24, 2.45) is 0 Å². The van der Waals surface area contributed by atoms with Gasteiger partial charge in [-0.15, -0.1) is 0 Å². The van der Waals surface area contributed by atoms with Crippen molar-refractivity contribution in [2.45, 2.75) is 6.10 Å². The second-order valence-electron chi connectivity index (χ2n) is 2.19. The summed E-state index contributed by atoms with van der Waals surface area (Å²) in [4.78, 5) is 3.90. The van der Waals surface area contributed by atoms with Gasteiger partial charge >= 0.3 is 0 Å². The summed E-state index contributed by atoms with van der Waals surface area (Å²) < 4.78 is 0. The van der Waals surface area contributed by atoms with Gasteiger partial charge in [-0.1, -0.05) is 39.1 Å². The highest BCUT2D eigenvalue weighted by Gasteiger charge is 2.11. The van der Waals surface area contributed by atoms with Crippen LogP contribution in [0, 0.1) is 0 Å². The van der Waals surface area contributed by atoms with Gasteiger partial charge in [-0.25, -0.2) is 0 Å². The highest BCUT2D eigenvalue weighted by atomic mass is 79.9. The third-order valence-electron chi connectivity index (χ3n) is 1.30. The van der Waals surface area contributed by atoms with E-state index in [0.29, 0.717) is 21.1 Å². The fraction of sp³-hybridized carbons (Fsp3) is 0.286. The van der Waals surface area contributed by atoms with Crippen LogP contribution in [0.4, 0.5) is 0 Å². The molecule has 1 N–H and O–H groups in total. The minimum atomic E-state index is -0.685. The van der Waals surface area contributed by atoms with Crippen molar-refractivity contribution in [1.82, 2.24) is 4.98 Å². The Morgan fingerprint density at radius 3 is 2.75 bits per heavy atom. The number of aliphatic hydroxyl groups excluding tert-OH is 1. The van der Waals surface area contributed by atoms with Crippen LogP contribution in [0.15, 0.2) is 12.3 Å². The summed E-state index contributed by atoms with van der Waals surface area (Å²) in [6, 6.07) is 1.55. The number of aromatic nitrogens is 1. The van der Waals surface area contributed by atoms with E-state index >= 15 is 0 Å². The van der Waals surface area contributed by atoms with Gasteiger partial charge in [0.15, 0.2) is 0 Å². The molecule has 0 aliphatic heterocycles. The monoisotopic (exact) mass is 269 g/mol. The van der Waals surface area contributed by atoms with Gasteiger partial charge in [0.1, 0.15) is 6.10 Å². The molecule has 0 aromatic carbocycles. The van der Waals surface area contributed by atoms with E-state index in [1.807, 2.05) is 0 Å². The summed E-state index contributed by atoms with van der Waals surface area (Å²) in [5.74, 6) is 0. The Labute approximate surface area is 88.6 Å². The first-order valence-corrected chi connectivity index (χ1v) is 5.08. The van der Waals surface area contributed by atoms with Crippen molar-refractivity contribution in [1.29, 1.82) is 0 Å². The zero-order valence-electron chi connectivity index (χ0n) is 5.97. The molecule has 0 bridgehead atoms. The fourth-order valence-electron chi connectivity index (χ4n) is 0.743. The minimum Gasteiger partial charge on any atom is -0.386 e. The normalized spacial score (nSPS) is 13.0. The summed E-state index contributed by atoms with van der Waals surface area (Å²) in [5.41, 5.74) is 0.443. The van der Waals surface area contributed by atoms with Crippen LogP contribution < -0.4 is 0 Å². The van der Waals surface area contributed by atoms with Crippen molar-refractivity contribution in [2.75, 3.05) is 5.33 Å². The number of halogens is 3. The minimum absolute atomic E-state index is 0.384. The van der Waals surface area contributed by atoms with Gasteiger partial charge in [0, 0.05) is 11.5 Å². The summed E-state index contributed by atoms with van der Waals surface area (Å²) in [6.45, 7) is 0. The number of rotatable bonds is 2. The van der Waals surface area contributed by atoms with E-state index in [0.717, 1.165) is 0 Å². The molecular formula is C7H6BrCl2NO. The average molecular weight is 271 g/mol. The van der Waals surface area contributed by atoms with Crippen LogP contribution in [0.2, 0.25) is 10.0 Å². The Morgan fingerprint density at radius 1 is 1.58 bits per heavy atom. The number of aliphatic hydroxyl groups is 1. The lowest BCUT2D eigenvalue weighted by atomic mass is 10.2. The molecule has 0 spiro atoms. The Hall–Kier alpha value is 0.170. The topological polar surface area (TPSA) is 33.1 Å². The van der Waals surface area contributed by atoms with Crippen LogP contribution in [0.1, 0.15) is 11.8 Å². The van der Waals surface area contributed by atoms with Gasteiger partial charge in [-0.3, -0.25) is 4.98 Å². The lowest BCUT2D eigenvalue weighted by Gasteiger charge is -2.07. The predicted octanol–water partition coefficient (Wildman–Crippen LogP) is 2.82. The van der Waals surface area contributed by atoms with E-state index in [-0.39, 0.29) is 0 Å². The van der Waals surface area contributed by atoms with Crippen molar-refractivity contribution >= 4 is 39.1 Å². The standard InChI is InChI=1S/C7H6BrCl2NO/c8-2-6(12)7-5(10)1-4(9)3-11-7/h1,3,6,12H,2H2. The van der Waals surface area contributed by atoms with E-state index in [2.05, 4.69) is 20.9 Å². The van der Waals surface area contributed by atoms with Crippen LogP contribution >= 0.6 is 39.1 Å². The van der Waals surface area contributed by atoms with Crippen LogP contribution in [0.3, 0.4) is 0 Å². The van der Waals surface area contributed by atoms with E-state index in [1.165, 1.54) is 6.20 Å². The van der Waals surface area contributed by atoms with Crippen LogP contribution in [0.5, 0.6) is 0 Å². The van der Waals surface area contributed by atoms with Gasteiger partial charge in [-0.05, 0) is 6.07 Å². The molecule has 0 radical (unpaired) electrons. The number of hydrogen-bond acceptors (Lipinski definition) is 2. The second kappa shape index (κ2) is 4.42. The molecule has 0 saturated carbocycles. The molecule has 0 fully saturated rings. The molecule has 1 heterocycles. The smallest absolute Gasteiger partial charge is 0.107 e. The van der Waals surface area contributed by atoms with Gasteiger partial charge in [-0.2, -0.15) is 0 Å². The van der Waals surface area contributed by atoms with Gasteiger partial charge in [0.2, 0.25) is 0 Å². The molecule has 66 valence electrons. The van der Waals surface area contributed by atoms with E-state index in [1.54, 1.807) is 6.07 Å². The first-order valence-electron chi connectivity index (χ1n) is 3.20. The van der Waals surface area contributed by atoms with E-state index < -0.39 is 6.10 Å². The lowest BCUT2D eigenvalue weighted by Crippen LogP contribution is -2.01. The molecule has 1 atom stereocenters. The highest BCUT2D eigenvalue weighted by molar-refractivity contribution is 9.09. The first-order chi connectivity index (χ1) is 5.65. The Morgan fingerprint density at radius 2 is 2.25 bits per heavy atom. The lowest BCUT2D eigenvalue weighted by molar-refractivity contribution is 0.200. The van der Waals surface area contributed by atoms with Gasteiger partial charge in [0.25, 0.3) is 0 Å². The summed E-state index contributed by atoms with van der Waals surface area (Å²) in [5, 5.41) is 10.6. The maximum atomic E-state index is 9.36. The maximum Gasteiger partial charge on any atom is 0.107 e. The molecule has 1 unspecified atom stereocenters. The van der Waals surface area contributed by atoms with Gasteiger partial charge in [0.05, 0.1) is 15.7 Å². The number of hydrogen-bond donors (Lipinski definition) is 1. The molecule has 0 aliphatic carbocycles. The fourth-order valence-corrected chi connectivity index (χ4v) is 1.56. The van der Waals surface area contributed by atoms with Crippen molar-refractivity contribution in [3.05, 3.63) is 28.0 Å². The van der Waals surface area contributed by atoms with Gasteiger partial charge < -0.3 is 5.11 Å². The number of pyridine rings is 1. The molecule has 0 amide bonds. The molecule has 1 aromatic heterocycles.